The molecule has 0 fully saturated rings. The van der Waals surface area contributed by atoms with E-state index in [0.717, 1.165) is 167 Å². The van der Waals surface area contributed by atoms with E-state index in [-0.39, 0.29) is 32.6 Å². The van der Waals surface area contributed by atoms with Crippen molar-refractivity contribution >= 4 is 19.8 Å². The predicted octanol–water partition coefficient (Wildman–Crippen LogP) is 23.1. The molecule has 0 saturated heterocycles. The number of esters is 2. The highest BCUT2D eigenvalue weighted by Gasteiger charge is 2.26. The molecule has 0 heterocycles. The maximum absolute atomic E-state index is 12.8. The molecular formula is C79H124NO8P. The molecule has 0 aromatic heterocycles. The van der Waals surface area contributed by atoms with Crippen LogP contribution in [0.15, 0.2) is 207 Å². The number of phosphoric acid groups is 1. The molecule has 0 saturated carbocycles. The van der Waals surface area contributed by atoms with Crippen molar-refractivity contribution < 1.29 is 37.6 Å². The lowest BCUT2D eigenvalue weighted by Gasteiger charge is -2.19. The van der Waals surface area contributed by atoms with E-state index >= 15 is 0 Å². The molecule has 0 aliphatic carbocycles. The summed E-state index contributed by atoms with van der Waals surface area (Å²) in [5.74, 6) is -0.869. The van der Waals surface area contributed by atoms with Gasteiger partial charge in [0.2, 0.25) is 0 Å². The highest BCUT2D eigenvalue weighted by atomic mass is 31.2. The summed E-state index contributed by atoms with van der Waals surface area (Å²) in [4.78, 5) is 35.3. The number of nitrogens with two attached hydrogens (primary N) is 1. The van der Waals surface area contributed by atoms with E-state index in [1.54, 1.807) is 0 Å². The Morgan fingerprint density at radius 1 is 0.337 bits per heavy atom. The summed E-state index contributed by atoms with van der Waals surface area (Å²) < 4.78 is 33.1. The molecule has 2 unspecified atom stereocenters. The van der Waals surface area contributed by atoms with Crippen LogP contribution in [0.3, 0.4) is 0 Å². The zero-order chi connectivity index (χ0) is 64.4. The van der Waals surface area contributed by atoms with E-state index in [2.05, 4.69) is 220 Å². The van der Waals surface area contributed by atoms with Crippen molar-refractivity contribution in [2.45, 2.75) is 251 Å². The third-order valence-electron chi connectivity index (χ3n) is 13.7. The summed E-state index contributed by atoms with van der Waals surface area (Å²) in [5.41, 5.74) is 5.40. The first-order chi connectivity index (χ1) is 43.8. The lowest BCUT2D eigenvalue weighted by atomic mass is 10.0. The Hall–Kier alpha value is -5.41. The number of hydrogen-bond donors (Lipinski definition) is 2. The molecule has 0 aromatic rings. The Balaban J connectivity index is 4.02. The first-order valence-electron chi connectivity index (χ1n) is 34.6. The van der Waals surface area contributed by atoms with Gasteiger partial charge in [0, 0.05) is 19.4 Å². The van der Waals surface area contributed by atoms with Crippen LogP contribution in [-0.2, 0) is 32.7 Å². The summed E-state index contributed by atoms with van der Waals surface area (Å²) in [6.07, 6.45) is 110. The Bertz CT molecular complexity index is 2210. The largest absolute Gasteiger partial charge is 0.472 e. The molecule has 0 radical (unpaired) electrons. The van der Waals surface area contributed by atoms with Gasteiger partial charge < -0.3 is 20.1 Å². The van der Waals surface area contributed by atoms with Crippen LogP contribution in [-0.4, -0.2) is 49.3 Å². The van der Waals surface area contributed by atoms with Crippen molar-refractivity contribution in [3.8, 4) is 0 Å². The summed E-state index contributed by atoms with van der Waals surface area (Å²) in [6.45, 7) is 3.46. The second-order valence-electron chi connectivity index (χ2n) is 21.9. The minimum Gasteiger partial charge on any atom is -0.462 e. The Kier molecular flexibility index (Phi) is 67.3. The average Bonchev–Trinajstić information content (AvgIpc) is 3.58. The number of carbonyl (C=O) groups is 2. The highest BCUT2D eigenvalue weighted by Crippen LogP contribution is 2.43. The van der Waals surface area contributed by atoms with Crippen LogP contribution in [0, 0.1) is 0 Å². The number of carbonyl (C=O) groups excluding carboxylic acids is 2. The molecule has 498 valence electrons. The van der Waals surface area contributed by atoms with E-state index in [1.807, 2.05) is 0 Å². The zero-order valence-electron chi connectivity index (χ0n) is 55.8. The number of hydrogen-bond acceptors (Lipinski definition) is 8. The van der Waals surface area contributed by atoms with Crippen molar-refractivity contribution in [3.05, 3.63) is 207 Å². The van der Waals surface area contributed by atoms with Gasteiger partial charge in [0.25, 0.3) is 0 Å². The van der Waals surface area contributed by atoms with Crippen molar-refractivity contribution in [3.63, 3.8) is 0 Å². The maximum Gasteiger partial charge on any atom is 0.472 e. The molecule has 89 heavy (non-hydrogen) atoms. The van der Waals surface area contributed by atoms with E-state index < -0.39 is 32.5 Å². The Labute approximate surface area is 544 Å². The quantitative estimate of drug-likeness (QED) is 0.0264. The summed E-state index contributed by atoms with van der Waals surface area (Å²) in [7, 11) is -4.41. The van der Waals surface area contributed by atoms with E-state index in [0.29, 0.717) is 12.8 Å². The van der Waals surface area contributed by atoms with Gasteiger partial charge in [-0.05, 0) is 148 Å². The summed E-state index contributed by atoms with van der Waals surface area (Å²) in [6, 6.07) is 0. The van der Waals surface area contributed by atoms with Crippen LogP contribution in [0.2, 0.25) is 0 Å². The minimum atomic E-state index is -4.41. The van der Waals surface area contributed by atoms with Crippen LogP contribution in [0.4, 0.5) is 0 Å². The first kappa shape index (κ1) is 83.6. The molecule has 9 nitrogen and oxygen atoms in total. The number of ether oxygens (including phenoxy) is 2. The Morgan fingerprint density at radius 3 is 0.865 bits per heavy atom. The average molecular weight is 1250 g/mol. The second-order valence-corrected chi connectivity index (χ2v) is 23.4. The van der Waals surface area contributed by atoms with Gasteiger partial charge in [-0.3, -0.25) is 18.6 Å². The molecule has 10 heteroatoms. The van der Waals surface area contributed by atoms with E-state index in [9.17, 15) is 19.0 Å². The standard InChI is InChI=1S/C79H124NO8P/c1-3-5-7-9-11-13-15-17-19-21-23-25-27-29-31-32-33-34-35-36-37-38-39-40-41-42-43-44-46-48-50-52-54-56-58-60-62-64-66-68-70-72-79(82)88-77(76-87-89(83,84)86-74-73-80)75-85-78(81)71-69-67-65-63-61-59-57-55-53-51-49-47-45-30-28-26-24-22-20-18-16-14-12-10-8-6-4-2/h5-8,11-14,17-20,23-26,29-31,33-34,36-37,39-40,42-43,45-46,48-49,51,55,57,77H,3-4,9-10,15-16,21-22,27-28,32,35,38,41,44,47,50,52-54,56,58-76,80H2,1-2H3,(H,83,84)/b7-5-,8-6-,13-11-,14-12-,19-17-,20-18-,25-23-,26-24-,31-29-,34-33-,37-36-,40-39-,43-42-,45-30-,48-46-,51-49-,57-55-. The molecule has 3 N–H and O–H groups in total. The first-order valence-corrected chi connectivity index (χ1v) is 36.1. The number of allylic oxidation sites excluding steroid dienone is 34. The van der Waals surface area contributed by atoms with Crippen LogP contribution < -0.4 is 5.73 Å². The van der Waals surface area contributed by atoms with Crippen molar-refractivity contribution in [1.29, 1.82) is 0 Å². The van der Waals surface area contributed by atoms with Gasteiger partial charge in [0.05, 0.1) is 13.2 Å². The zero-order valence-corrected chi connectivity index (χ0v) is 56.7. The normalized spacial score (nSPS) is 14.2. The fraction of sp³-hybridized carbons (Fsp3) is 0.544. The van der Waals surface area contributed by atoms with Crippen molar-refractivity contribution in [1.82, 2.24) is 0 Å². The minimum absolute atomic E-state index is 0.0388. The molecule has 0 spiro atoms. The third-order valence-corrected chi connectivity index (χ3v) is 14.6. The number of unbranched alkanes of at least 4 members (excludes halogenated alkanes) is 15. The fourth-order valence-electron chi connectivity index (χ4n) is 8.64. The molecule has 2 atom stereocenters. The molecular weight excluding hydrogens is 1120 g/mol. The fourth-order valence-corrected chi connectivity index (χ4v) is 9.41. The van der Waals surface area contributed by atoms with E-state index in [1.165, 1.54) is 38.5 Å². The SMILES string of the molecule is CC/C=C\C/C=C\C/C=C\C/C=C\C/C=C\C/C=C\C/C=C\C/C=C\C/C=C\C/C=C\CCCCCCCCCCCCC(=O)OC(COC(=O)CCCCCCC/C=C\C/C=C\C/C=C\C/C=C\C/C=C\C/C=C\C/C=C\CC)COP(=O)(O)OCCN. The summed E-state index contributed by atoms with van der Waals surface area (Å²) in [5, 5.41) is 0. The van der Waals surface area contributed by atoms with Crippen LogP contribution in [0.1, 0.15) is 245 Å². The van der Waals surface area contributed by atoms with Crippen LogP contribution in [0.5, 0.6) is 0 Å². The molecule has 0 bridgehead atoms. The third kappa shape index (κ3) is 71.5. The smallest absolute Gasteiger partial charge is 0.462 e. The second kappa shape index (κ2) is 71.7. The number of rotatable bonds is 62. The van der Waals surface area contributed by atoms with Crippen molar-refractivity contribution in [2.75, 3.05) is 26.4 Å². The monoisotopic (exact) mass is 1250 g/mol. The van der Waals surface area contributed by atoms with Gasteiger partial charge in [0.15, 0.2) is 6.10 Å². The van der Waals surface area contributed by atoms with Crippen LogP contribution in [0.25, 0.3) is 0 Å². The van der Waals surface area contributed by atoms with E-state index in [4.69, 9.17) is 24.3 Å². The lowest BCUT2D eigenvalue weighted by molar-refractivity contribution is -0.161. The van der Waals surface area contributed by atoms with Gasteiger partial charge in [-0.25, -0.2) is 4.57 Å². The number of phosphoric ester groups is 1. The topological polar surface area (TPSA) is 134 Å². The van der Waals surface area contributed by atoms with Gasteiger partial charge >= 0.3 is 19.8 Å². The van der Waals surface area contributed by atoms with Gasteiger partial charge in [0.1, 0.15) is 6.61 Å². The molecule has 0 rings (SSSR count). The highest BCUT2D eigenvalue weighted by molar-refractivity contribution is 7.47. The molecule has 0 aliphatic rings. The summed E-state index contributed by atoms with van der Waals surface area (Å²) >= 11 is 0. The van der Waals surface area contributed by atoms with Gasteiger partial charge in [-0.2, -0.15) is 0 Å². The van der Waals surface area contributed by atoms with Gasteiger partial charge in [-0.1, -0.05) is 291 Å². The van der Waals surface area contributed by atoms with Gasteiger partial charge in [-0.15, -0.1) is 0 Å². The lowest BCUT2D eigenvalue weighted by Crippen LogP contribution is -2.29. The molecule has 0 amide bonds. The maximum atomic E-state index is 12.8. The molecule has 0 aliphatic heterocycles. The van der Waals surface area contributed by atoms with Crippen molar-refractivity contribution in [2.24, 2.45) is 5.73 Å². The molecule has 0 aromatic carbocycles. The van der Waals surface area contributed by atoms with Crippen LogP contribution >= 0.6 is 7.82 Å². The predicted molar refractivity (Wildman–Crippen MR) is 385 cm³/mol. The Morgan fingerprint density at radius 2 is 0.584 bits per heavy atom.